The first-order valence-electron chi connectivity index (χ1n) is 10.1. The van der Waals surface area contributed by atoms with Crippen molar-refractivity contribution in [2.75, 3.05) is 26.7 Å². The maximum Gasteiger partial charge on any atom is 0.339 e. The summed E-state index contributed by atoms with van der Waals surface area (Å²) in [5.74, 6) is 0.434. The smallest absolute Gasteiger partial charge is 0.339 e. The Morgan fingerprint density at radius 2 is 2.14 bits per heavy atom. The fourth-order valence-corrected chi connectivity index (χ4v) is 3.92. The van der Waals surface area contributed by atoms with Crippen molar-refractivity contribution in [2.24, 2.45) is 5.92 Å². The number of nitrogens with one attached hydrogen (secondary N) is 1. The Morgan fingerprint density at radius 1 is 1.34 bits per heavy atom. The van der Waals surface area contributed by atoms with E-state index in [9.17, 15) is 14.4 Å². The average Bonchev–Trinajstić information content (AvgIpc) is 2.73. The molecule has 0 radical (unpaired) electrons. The largest absolute Gasteiger partial charge is 0.497 e. The van der Waals surface area contributed by atoms with Crippen LogP contribution in [-0.4, -0.2) is 43.5 Å². The molecule has 0 saturated carbocycles. The molecule has 0 aliphatic carbocycles. The lowest BCUT2D eigenvalue weighted by Gasteiger charge is -2.32. The van der Waals surface area contributed by atoms with Crippen molar-refractivity contribution in [1.29, 1.82) is 0 Å². The van der Waals surface area contributed by atoms with Gasteiger partial charge in [0.25, 0.3) is 0 Å². The van der Waals surface area contributed by atoms with Crippen LogP contribution in [-0.2, 0) is 16.0 Å². The summed E-state index contributed by atoms with van der Waals surface area (Å²) in [6.07, 6.45) is 2.14. The van der Waals surface area contributed by atoms with Gasteiger partial charge in [0, 0.05) is 43.1 Å². The lowest BCUT2D eigenvalue weighted by Crippen LogP contribution is -2.45. The SMILES string of the molecule is CCNC(=O)C1CCCN(C(=O)CCc2c(C)c3ccc(OC)cc3oc2=O)C1. The van der Waals surface area contributed by atoms with Crippen molar-refractivity contribution in [2.45, 2.75) is 39.5 Å². The van der Waals surface area contributed by atoms with Gasteiger partial charge in [-0.3, -0.25) is 9.59 Å². The third-order valence-electron chi connectivity index (χ3n) is 5.58. The van der Waals surface area contributed by atoms with Crippen molar-refractivity contribution in [3.63, 3.8) is 0 Å². The van der Waals surface area contributed by atoms with E-state index < -0.39 is 5.63 Å². The third-order valence-corrected chi connectivity index (χ3v) is 5.58. The molecular formula is C22H28N2O5. The first kappa shape index (κ1) is 20.9. The van der Waals surface area contributed by atoms with E-state index in [0.717, 1.165) is 23.8 Å². The van der Waals surface area contributed by atoms with Crippen molar-refractivity contribution in [3.05, 3.63) is 39.7 Å². The first-order chi connectivity index (χ1) is 13.9. The molecule has 1 N–H and O–H groups in total. The number of rotatable bonds is 6. The second-order valence-electron chi connectivity index (χ2n) is 7.43. The van der Waals surface area contributed by atoms with E-state index >= 15 is 0 Å². The predicted octanol–water partition coefficient (Wildman–Crippen LogP) is 2.42. The molecule has 2 aromatic rings. The minimum Gasteiger partial charge on any atom is -0.497 e. The molecule has 7 nitrogen and oxygen atoms in total. The Labute approximate surface area is 170 Å². The lowest BCUT2D eigenvalue weighted by atomic mass is 9.96. The maximum atomic E-state index is 12.7. The quantitative estimate of drug-likeness (QED) is 0.753. The zero-order chi connectivity index (χ0) is 21.0. The molecule has 1 saturated heterocycles. The highest BCUT2D eigenvalue weighted by Gasteiger charge is 2.28. The number of carbonyl (C=O) groups is 2. The van der Waals surface area contributed by atoms with Gasteiger partial charge in [-0.1, -0.05) is 0 Å². The van der Waals surface area contributed by atoms with Gasteiger partial charge in [0.05, 0.1) is 13.0 Å². The molecule has 2 heterocycles. The molecular weight excluding hydrogens is 372 g/mol. The molecule has 29 heavy (non-hydrogen) atoms. The fraction of sp³-hybridized carbons (Fsp3) is 0.500. The van der Waals surface area contributed by atoms with Gasteiger partial charge in [0.2, 0.25) is 11.8 Å². The fourth-order valence-electron chi connectivity index (χ4n) is 3.92. The number of fused-ring (bicyclic) bond motifs is 1. The van der Waals surface area contributed by atoms with Gasteiger partial charge in [-0.15, -0.1) is 0 Å². The molecule has 1 aliphatic heterocycles. The molecule has 2 amide bonds. The van der Waals surface area contributed by atoms with Crippen LogP contribution in [0.3, 0.4) is 0 Å². The van der Waals surface area contributed by atoms with E-state index in [0.29, 0.717) is 43.0 Å². The van der Waals surface area contributed by atoms with E-state index in [1.807, 2.05) is 26.0 Å². The van der Waals surface area contributed by atoms with E-state index in [1.165, 1.54) is 0 Å². The summed E-state index contributed by atoms with van der Waals surface area (Å²) in [4.78, 5) is 39.0. The molecule has 0 bridgehead atoms. The second kappa shape index (κ2) is 9.11. The summed E-state index contributed by atoms with van der Waals surface area (Å²) in [7, 11) is 1.56. The summed E-state index contributed by atoms with van der Waals surface area (Å²) < 4.78 is 10.6. The molecule has 1 aromatic carbocycles. The van der Waals surface area contributed by atoms with E-state index in [2.05, 4.69) is 5.32 Å². The van der Waals surface area contributed by atoms with Crippen LogP contribution < -0.4 is 15.7 Å². The van der Waals surface area contributed by atoms with Crippen molar-refractivity contribution in [1.82, 2.24) is 10.2 Å². The van der Waals surface area contributed by atoms with Crippen LogP contribution in [0, 0.1) is 12.8 Å². The highest BCUT2D eigenvalue weighted by molar-refractivity contribution is 5.83. The molecule has 1 fully saturated rings. The number of hydrogen-bond acceptors (Lipinski definition) is 5. The monoisotopic (exact) mass is 400 g/mol. The number of nitrogens with zero attached hydrogens (tertiary/aromatic N) is 1. The highest BCUT2D eigenvalue weighted by atomic mass is 16.5. The molecule has 1 aromatic heterocycles. The van der Waals surface area contributed by atoms with Crippen LogP contribution in [0.1, 0.15) is 37.3 Å². The maximum absolute atomic E-state index is 12.7. The molecule has 7 heteroatoms. The van der Waals surface area contributed by atoms with Crippen LogP contribution in [0.15, 0.2) is 27.4 Å². The summed E-state index contributed by atoms with van der Waals surface area (Å²) in [5, 5.41) is 3.67. The number of aryl methyl sites for hydroxylation is 1. The van der Waals surface area contributed by atoms with Crippen molar-refractivity contribution < 1.29 is 18.7 Å². The minimum absolute atomic E-state index is 0.00597. The Bertz CT molecular complexity index is 966. The van der Waals surface area contributed by atoms with E-state index in [4.69, 9.17) is 9.15 Å². The van der Waals surface area contributed by atoms with Crippen LogP contribution in [0.4, 0.5) is 0 Å². The number of piperidine rings is 1. The Balaban J connectivity index is 1.70. The second-order valence-corrected chi connectivity index (χ2v) is 7.43. The van der Waals surface area contributed by atoms with Gasteiger partial charge in [0.1, 0.15) is 11.3 Å². The predicted molar refractivity (Wildman–Crippen MR) is 110 cm³/mol. The van der Waals surface area contributed by atoms with Crippen LogP contribution in [0.5, 0.6) is 5.75 Å². The molecule has 1 aliphatic rings. The number of methoxy groups -OCH3 is 1. The van der Waals surface area contributed by atoms with Gasteiger partial charge < -0.3 is 19.4 Å². The van der Waals surface area contributed by atoms with Crippen LogP contribution in [0.25, 0.3) is 11.0 Å². The molecule has 1 unspecified atom stereocenters. The van der Waals surface area contributed by atoms with E-state index in [1.54, 1.807) is 18.1 Å². The normalized spacial score (nSPS) is 16.7. The molecule has 3 rings (SSSR count). The third kappa shape index (κ3) is 4.60. The molecule has 0 spiro atoms. The highest BCUT2D eigenvalue weighted by Crippen LogP contribution is 2.25. The zero-order valence-electron chi connectivity index (χ0n) is 17.2. The van der Waals surface area contributed by atoms with Gasteiger partial charge in [-0.25, -0.2) is 4.79 Å². The summed E-state index contributed by atoms with van der Waals surface area (Å²) >= 11 is 0. The first-order valence-corrected chi connectivity index (χ1v) is 10.1. The Morgan fingerprint density at radius 3 is 2.86 bits per heavy atom. The number of hydrogen-bond donors (Lipinski definition) is 1. The Hall–Kier alpha value is -2.83. The van der Waals surface area contributed by atoms with Gasteiger partial charge in [0.15, 0.2) is 0 Å². The minimum atomic E-state index is -0.421. The summed E-state index contributed by atoms with van der Waals surface area (Å²) in [5.41, 5.74) is 1.40. The van der Waals surface area contributed by atoms with Gasteiger partial charge in [-0.05, 0) is 50.8 Å². The Kier molecular flexibility index (Phi) is 6.56. The van der Waals surface area contributed by atoms with E-state index in [-0.39, 0.29) is 24.2 Å². The van der Waals surface area contributed by atoms with Crippen molar-refractivity contribution in [3.8, 4) is 5.75 Å². The van der Waals surface area contributed by atoms with Crippen LogP contribution in [0.2, 0.25) is 0 Å². The summed E-state index contributed by atoms with van der Waals surface area (Å²) in [6, 6.07) is 5.37. The number of ether oxygens (including phenoxy) is 1. The van der Waals surface area contributed by atoms with Crippen molar-refractivity contribution >= 4 is 22.8 Å². The van der Waals surface area contributed by atoms with Gasteiger partial charge >= 0.3 is 5.63 Å². The standard InChI is InChI=1S/C22H28N2O5/c1-4-23-21(26)15-6-5-11-24(13-15)20(25)10-9-18-14(2)17-8-7-16(28-3)12-19(17)29-22(18)27/h7-8,12,15H,4-6,9-11,13H2,1-3H3,(H,23,26). The summed E-state index contributed by atoms with van der Waals surface area (Å²) in [6.45, 7) is 5.44. The van der Waals surface area contributed by atoms with Gasteiger partial charge in [-0.2, -0.15) is 0 Å². The number of amides is 2. The molecule has 1 atom stereocenters. The molecule has 156 valence electrons. The van der Waals surface area contributed by atoms with Crippen LogP contribution >= 0.6 is 0 Å². The number of carbonyl (C=O) groups excluding carboxylic acids is 2. The topological polar surface area (TPSA) is 88.8 Å². The zero-order valence-corrected chi connectivity index (χ0v) is 17.2. The number of likely N-dealkylation sites (tertiary alicyclic amines) is 1. The number of benzene rings is 1. The average molecular weight is 400 g/mol. The lowest BCUT2D eigenvalue weighted by molar-refractivity contribution is -0.135.